The van der Waals surface area contributed by atoms with Gasteiger partial charge in [-0.05, 0) is 48.2 Å². The summed E-state index contributed by atoms with van der Waals surface area (Å²) in [6, 6.07) is 23.1. The Labute approximate surface area is 184 Å². The predicted molar refractivity (Wildman–Crippen MR) is 125 cm³/mol. The summed E-state index contributed by atoms with van der Waals surface area (Å²) in [7, 11) is -3.82. The largest absolute Gasteiger partial charge is 0.325 e. The summed E-state index contributed by atoms with van der Waals surface area (Å²) in [4.78, 5) is 13.1. The molecule has 3 rings (SSSR count). The lowest BCUT2D eigenvalue weighted by atomic mass is 9.99. The van der Waals surface area contributed by atoms with Gasteiger partial charge in [-0.15, -0.1) is 0 Å². The molecule has 0 aliphatic rings. The molecule has 3 aromatic rings. The average Bonchev–Trinajstić information content (AvgIpc) is 2.78. The van der Waals surface area contributed by atoms with E-state index >= 15 is 0 Å². The maximum atomic E-state index is 13.0. The molecule has 0 saturated carbocycles. The second kappa shape index (κ2) is 9.90. The zero-order chi connectivity index (χ0) is 22.4. The van der Waals surface area contributed by atoms with Gasteiger partial charge in [0, 0.05) is 5.69 Å². The van der Waals surface area contributed by atoms with Gasteiger partial charge in [-0.1, -0.05) is 80.4 Å². The highest BCUT2D eigenvalue weighted by molar-refractivity contribution is 7.89. The van der Waals surface area contributed by atoms with E-state index < -0.39 is 16.1 Å². The van der Waals surface area contributed by atoms with Crippen molar-refractivity contribution in [3.8, 4) is 11.1 Å². The molecule has 0 bridgehead atoms. The molecule has 0 heterocycles. The van der Waals surface area contributed by atoms with Gasteiger partial charge in [0.1, 0.15) is 6.04 Å². The highest BCUT2D eigenvalue weighted by atomic mass is 32.2. The van der Waals surface area contributed by atoms with E-state index in [0.717, 1.165) is 16.7 Å². The molecule has 5 nitrogen and oxygen atoms in total. The zero-order valence-electron chi connectivity index (χ0n) is 18.0. The number of hydrogen-bond acceptors (Lipinski definition) is 3. The average molecular weight is 437 g/mol. The number of benzene rings is 3. The molecule has 1 amide bonds. The van der Waals surface area contributed by atoms with Crippen LogP contribution in [0.5, 0.6) is 0 Å². The zero-order valence-corrected chi connectivity index (χ0v) is 18.8. The van der Waals surface area contributed by atoms with E-state index in [1.165, 1.54) is 0 Å². The number of rotatable bonds is 8. The summed E-state index contributed by atoms with van der Waals surface area (Å²) in [6.07, 6.45) is 0.654. The third kappa shape index (κ3) is 5.81. The molecule has 6 heteroatoms. The third-order valence-corrected chi connectivity index (χ3v) is 6.83. The Kier molecular flexibility index (Phi) is 7.25. The molecule has 2 N–H and O–H groups in total. The van der Waals surface area contributed by atoms with E-state index in [-0.39, 0.29) is 16.7 Å². The smallest absolute Gasteiger partial charge is 0.242 e. The molecule has 0 radical (unpaired) electrons. The fourth-order valence-corrected chi connectivity index (χ4v) is 4.52. The van der Waals surface area contributed by atoms with E-state index in [9.17, 15) is 13.2 Å². The van der Waals surface area contributed by atoms with E-state index in [1.807, 2.05) is 75.4 Å². The van der Waals surface area contributed by atoms with Crippen molar-refractivity contribution in [2.75, 3.05) is 5.32 Å². The lowest BCUT2D eigenvalue weighted by Gasteiger charge is -2.23. The SMILES string of the molecule is CC[C@H](C)[C@@H](NS(=O)(=O)c1ccc(C)cc1)C(=O)Nc1ccc(-c2ccccc2)cc1. The van der Waals surface area contributed by atoms with Gasteiger partial charge in [0.25, 0.3) is 0 Å². The van der Waals surface area contributed by atoms with E-state index in [1.54, 1.807) is 24.3 Å². The van der Waals surface area contributed by atoms with Crippen molar-refractivity contribution in [1.82, 2.24) is 4.72 Å². The molecule has 0 fully saturated rings. The van der Waals surface area contributed by atoms with Crippen LogP contribution in [-0.2, 0) is 14.8 Å². The Bertz CT molecular complexity index is 1110. The molecule has 162 valence electrons. The van der Waals surface area contributed by atoms with Gasteiger partial charge < -0.3 is 5.32 Å². The van der Waals surface area contributed by atoms with Crippen LogP contribution in [0.1, 0.15) is 25.8 Å². The lowest BCUT2D eigenvalue weighted by molar-refractivity contribution is -0.118. The van der Waals surface area contributed by atoms with Crippen LogP contribution >= 0.6 is 0 Å². The number of carbonyl (C=O) groups is 1. The van der Waals surface area contributed by atoms with Crippen molar-refractivity contribution in [1.29, 1.82) is 0 Å². The third-order valence-electron chi connectivity index (χ3n) is 5.37. The van der Waals surface area contributed by atoms with Gasteiger partial charge >= 0.3 is 0 Å². The first kappa shape index (κ1) is 22.7. The minimum atomic E-state index is -3.82. The van der Waals surface area contributed by atoms with Crippen LogP contribution in [0.2, 0.25) is 0 Å². The molecule has 2 atom stereocenters. The maximum absolute atomic E-state index is 13.0. The van der Waals surface area contributed by atoms with Crippen molar-refractivity contribution in [2.45, 2.75) is 38.1 Å². The number of aryl methyl sites for hydroxylation is 1. The van der Waals surface area contributed by atoms with E-state index in [4.69, 9.17) is 0 Å². The van der Waals surface area contributed by atoms with Gasteiger partial charge in [0.15, 0.2) is 0 Å². The van der Waals surface area contributed by atoms with Crippen molar-refractivity contribution < 1.29 is 13.2 Å². The molecule has 0 aliphatic carbocycles. The molecule has 0 saturated heterocycles. The number of amides is 1. The summed E-state index contributed by atoms with van der Waals surface area (Å²) in [5.74, 6) is -0.554. The number of anilines is 1. The van der Waals surface area contributed by atoms with Crippen LogP contribution in [0.3, 0.4) is 0 Å². The standard InChI is InChI=1S/C25H28N2O3S/c1-4-19(3)24(27-31(29,30)23-16-10-18(2)11-17-23)25(28)26-22-14-12-21(13-15-22)20-8-6-5-7-9-20/h5-17,19,24,27H,4H2,1-3H3,(H,26,28)/t19-,24+/m0/s1. The van der Waals surface area contributed by atoms with Gasteiger partial charge in [-0.2, -0.15) is 4.72 Å². The van der Waals surface area contributed by atoms with Crippen LogP contribution in [-0.4, -0.2) is 20.4 Å². The topological polar surface area (TPSA) is 75.3 Å². The molecule has 0 unspecified atom stereocenters. The second-order valence-electron chi connectivity index (χ2n) is 7.73. The Balaban J connectivity index is 1.76. The van der Waals surface area contributed by atoms with Crippen molar-refractivity contribution >= 4 is 21.6 Å². The Morgan fingerprint density at radius 3 is 2.03 bits per heavy atom. The van der Waals surface area contributed by atoms with Crippen LogP contribution < -0.4 is 10.0 Å². The van der Waals surface area contributed by atoms with E-state index in [2.05, 4.69) is 10.0 Å². The molecular weight excluding hydrogens is 408 g/mol. The first-order valence-electron chi connectivity index (χ1n) is 10.4. The van der Waals surface area contributed by atoms with Crippen LogP contribution in [0.15, 0.2) is 83.8 Å². The fourth-order valence-electron chi connectivity index (χ4n) is 3.21. The predicted octanol–water partition coefficient (Wildman–Crippen LogP) is 4.99. The minimum absolute atomic E-state index is 0.145. The molecule has 3 aromatic carbocycles. The summed E-state index contributed by atoms with van der Waals surface area (Å²) < 4.78 is 28.3. The van der Waals surface area contributed by atoms with Crippen molar-refractivity contribution in [3.05, 3.63) is 84.4 Å². The summed E-state index contributed by atoms with van der Waals surface area (Å²) >= 11 is 0. The van der Waals surface area contributed by atoms with Crippen LogP contribution in [0.25, 0.3) is 11.1 Å². The summed E-state index contributed by atoms with van der Waals surface area (Å²) in [5, 5.41) is 2.85. The quantitative estimate of drug-likeness (QED) is 0.522. The Morgan fingerprint density at radius 2 is 1.45 bits per heavy atom. The first-order chi connectivity index (χ1) is 14.8. The Morgan fingerprint density at radius 1 is 0.871 bits per heavy atom. The van der Waals surface area contributed by atoms with Gasteiger partial charge in [-0.25, -0.2) is 8.42 Å². The molecule has 0 spiro atoms. The Hall–Kier alpha value is -2.96. The van der Waals surface area contributed by atoms with Crippen molar-refractivity contribution in [2.24, 2.45) is 5.92 Å². The van der Waals surface area contributed by atoms with Crippen LogP contribution in [0, 0.1) is 12.8 Å². The molecule has 31 heavy (non-hydrogen) atoms. The normalized spacial score (nSPS) is 13.4. The maximum Gasteiger partial charge on any atom is 0.242 e. The molecule has 0 aromatic heterocycles. The monoisotopic (exact) mass is 436 g/mol. The van der Waals surface area contributed by atoms with Crippen LogP contribution in [0.4, 0.5) is 5.69 Å². The van der Waals surface area contributed by atoms with Gasteiger partial charge in [0.2, 0.25) is 15.9 Å². The lowest BCUT2D eigenvalue weighted by Crippen LogP contribution is -2.47. The molecular formula is C25H28N2O3S. The minimum Gasteiger partial charge on any atom is -0.325 e. The highest BCUT2D eigenvalue weighted by Crippen LogP contribution is 2.22. The first-order valence-corrected chi connectivity index (χ1v) is 11.8. The summed E-state index contributed by atoms with van der Waals surface area (Å²) in [5.41, 5.74) is 3.71. The fraction of sp³-hybridized carbons (Fsp3) is 0.240. The molecule has 0 aliphatic heterocycles. The number of nitrogens with one attached hydrogen (secondary N) is 2. The highest BCUT2D eigenvalue weighted by Gasteiger charge is 2.29. The van der Waals surface area contributed by atoms with Gasteiger partial charge in [-0.3, -0.25) is 4.79 Å². The number of sulfonamides is 1. The van der Waals surface area contributed by atoms with Gasteiger partial charge in [0.05, 0.1) is 4.90 Å². The number of hydrogen-bond donors (Lipinski definition) is 2. The summed E-state index contributed by atoms with van der Waals surface area (Å²) in [6.45, 7) is 5.68. The van der Waals surface area contributed by atoms with E-state index in [0.29, 0.717) is 12.1 Å². The van der Waals surface area contributed by atoms with Crippen molar-refractivity contribution in [3.63, 3.8) is 0 Å². The number of carbonyl (C=O) groups excluding carboxylic acids is 1. The second-order valence-corrected chi connectivity index (χ2v) is 9.44.